The van der Waals surface area contributed by atoms with Crippen LogP contribution in [0.4, 0.5) is 4.39 Å². The summed E-state index contributed by atoms with van der Waals surface area (Å²) in [5.41, 5.74) is 2.22. The van der Waals surface area contributed by atoms with Crippen molar-refractivity contribution in [1.82, 2.24) is 9.73 Å². The molecule has 3 aromatic rings. The number of halogens is 2. The van der Waals surface area contributed by atoms with Gasteiger partial charge in [-0.25, -0.2) is 41.1 Å². The van der Waals surface area contributed by atoms with Crippen LogP contribution < -0.4 is 9.86 Å². The topological polar surface area (TPSA) is 134 Å². The second kappa shape index (κ2) is 11.3. The van der Waals surface area contributed by atoms with Crippen LogP contribution in [0.1, 0.15) is 36.3 Å². The smallest absolute Gasteiger partial charge is 0.248 e. The van der Waals surface area contributed by atoms with Crippen molar-refractivity contribution in [3.63, 3.8) is 0 Å². The zero-order valence-corrected chi connectivity index (χ0v) is 23.6. The third-order valence-corrected chi connectivity index (χ3v) is 9.93. The maximum Gasteiger partial charge on any atom is 0.264 e. The fourth-order valence-electron chi connectivity index (χ4n) is 4.91. The second-order valence-electron chi connectivity index (χ2n) is 9.73. The summed E-state index contributed by atoms with van der Waals surface area (Å²) in [6.07, 6.45) is 0.897. The number of benzene rings is 3. The number of guanidine groups is 1. The lowest BCUT2D eigenvalue weighted by Gasteiger charge is -2.21. The zero-order valence-electron chi connectivity index (χ0n) is 21.2. The Kier molecular flexibility index (Phi) is 7.96. The Morgan fingerprint density at radius 3 is 2.27 bits per heavy atom. The van der Waals surface area contributed by atoms with E-state index in [0.717, 1.165) is 5.56 Å². The molecule has 40 heavy (non-hydrogen) atoms. The van der Waals surface area contributed by atoms with E-state index in [-0.39, 0.29) is 35.6 Å². The molecule has 1 aliphatic heterocycles. The molecular weight excluding hydrogens is 577 g/mol. The van der Waals surface area contributed by atoms with Gasteiger partial charge in [-0.05, 0) is 66.8 Å². The normalized spacial score (nSPS) is 21.9. The van der Waals surface area contributed by atoms with Gasteiger partial charge in [0.25, 0.3) is 10.0 Å². The number of primary sulfonamides is 1. The number of nitrogens with one attached hydrogen (secondary N) is 1. The SMILES string of the molecule is NS(=O)(=O)[C@H]1CC[C@@H](N=C(NS(=O)(=O)c2ccc(Cl)cc2)N2C[C@@H](c3ccccc3)C(c3ccc(F)cc3)=N2)C1. The van der Waals surface area contributed by atoms with Crippen molar-refractivity contribution in [1.29, 1.82) is 0 Å². The van der Waals surface area contributed by atoms with E-state index in [9.17, 15) is 21.2 Å². The molecule has 3 N–H and O–H groups in total. The van der Waals surface area contributed by atoms with Gasteiger partial charge in [0, 0.05) is 10.9 Å². The largest absolute Gasteiger partial charge is 0.264 e. The Hall–Kier alpha value is -3.32. The maximum atomic E-state index is 13.7. The van der Waals surface area contributed by atoms with Crippen LogP contribution in [0.5, 0.6) is 0 Å². The highest BCUT2D eigenvalue weighted by Crippen LogP contribution is 2.31. The summed E-state index contributed by atoms with van der Waals surface area (Å²) in [5.74, 6) is -0.718. The van der Waals surface area contributed by atoms with Gasteiger partial charge in [-0.1, -0.05) is 54.1 Å². The van der Waals surface area contributed by atoms with Crippen LogP contribution in [0.25, 0.3) is 0 Å². The van der Waals surface area contributed by atoms with Gasteiger partial charge in [-0.3, -0.25) is 0 Å². The van der Waals surface area contributed by atoms with Gasteiger partial charge in [0.1, 0.15) is 5.82 Å². The van der Waals surface area contributed by atoms with Crippen molar-refractivity contribution < 1.29 is 21.2 Å². The number of hydrogen-bond donors (Lipinski definition) is 2. The van der Waals surface area contributed by atoms with Crippen LogP contribution in [0.2, 0.25) is 5.02 Å². The van der Waals surface area contributed by atoms with Gasteiger partial charge in [0.05, 0.1) is 28.4 Å². The molecule has 5 rings (SSSR count). The Bertz CT molecular complexity index is 1650. The quantitative estimate of drug-likeness (QED) is 0.326. The number of sulfonamides is 2. The molecule has 0 saturated heterocycles. The predicted octanol–water partition coefficient (Wildman–Crippen LogP) is 3.83. The molecule has 2 aliphatic rings. The van der Waals surface area contributed by atoms with Crippen molar-refractivity contribution in [2.75, 3.05) is 6.54 Å². The van der Waals surface area contributed by atoms with Gasteiger partial charge in [0.15, 0.2) is 0 Å². The molecule has 1 saturated carbocycles. The van der Waals surface area contributed by atoms with Gasteiger partial charge < -0.3 is 0 Å². The van der Waals surface area contributed by atoms with E-state index in [1.807, 2.05) is 30.3 Å². The van der Waals surface area contributed by atoms with E-state index >= 15 is 0 Å². The molecule has 0 bridgehead atoms. The summed E-state index contributed by atoms with van der Waals surface area (Å²) in [7, 11) is -7.87. The van der Waals surface area contributed by atoms with E-state index in [2.05, 4.69) is 9.71 Å². The maximum absolute atomic E-state index is 13.7. The van der Waals surface area contributed by atoms with E-state index in [1.165, 1.54) is 41.4 Å². The summed E-state index contributed by atoms with van der Waals surface area (Å²) < 4.78 is 66.9. The van der Waals surface area contributed by atoms with Crippen LogP contribution in [0.3, 0.4) is 0 Å². The first-order valence-electron chi connectivity index (χ1n) is 12.5. The van der Waals surface area contributed by atoms with Crippen LogP contribution in [-0.4, -0.2) is 51.4 Å². The molecule has 3 aromatic carbocycles. The molecule has 1 fully saturated rings. The first-order valence-corrected chi connectivity index (χ1v) is 16.0. The average Bonchev–Trinajstić information content (AvgIpc) is 3.57. The molecule has 1 heterocycles. The first kappa shape index (κ1) is 28.2. The third kappa shape index (κ3) is 6.35. The Morgan fingerprint density at radius 2 is 1.65 bits per heavy atom. The molecule has 9 nitrogen and oxygen atoms in total. The molecule has 0 unspecified atom stereocenters. The zero-order chi connectivity index (χ0) is 28.5. The number of rotatable bonds is 6. The molecule has 0 aromatic heterocycles. The minimum atomic E-state index is -4.11. The summed E-state index contributed by atoms with van der Waals surface area (Å²) in [6, 6.07) is 20.7. The minimum absolute atomic E-state index is 0.0278. The molecule has 3 atom stereocenters. The number of nitrogens with zero attached hydrogens (tertiary/aromatic N) is 3. The lowest BCUT2D eigenvalue weighted by atomic mass is 9.91. The molecule has 1 aliphatic carbocycles. The van der Waals surface area contributed by atoms with Crippen molar-refractivity contribution >= 4 is 43.3 Å². The van der Waals surface area contributed by atoms with Gasteiger partial charge in [-0.15, -0.1) is 0 Å². The van der Waals surface area contributed by atoms with Crippen molar-refractivity contribution in [3.05, 3.63) is 101 Å². The molecule has 0 spiro atoms. The van der Waals surface area contributed by atoms with E-state index in [1.54, 1.807) is 12.1 Å². The fourth-order valence-corrected chi connectivity index (χ4v) is 7.00. The average molecular weight is 604 g/mol. The Balaban J connectivity index is 1.55. The summed E-state index contributed by atoms with van der Waals surface area (Å²) in [5, 5.41) is 11.2. The second-order valence-corrected chi connectivity index (χ2v) is 13.7. The molecule has 210 valence electrons. The first-order chi connectivity index (χ1) is 19.0. The lowest BCUT2D eigenvalue weighted by molar-refractivity contribution is 0.456. The van der Waals surface area contributed by atoms with Gasteiger partial charge in [0.2, 0.25) is 16.0 Å². The summed E-state index contributed by atoms with van der Waals surface area (Å²) in [6.45, 7) is 0.240. The molecule has 0 amide bonds. The van der Waals surface area contributed by atoms with Crippen LogP contribution >= 0.6 is 11.6 Å². The van der Waals surface area contributed by atoms with E-state index in [4.69, 9.17) is 21.8 Å². The highest BCUT2D eigenvalue weighted by molar-refractivity contribution is 7.90. The van der Waals surface area contributed by atoms with Crippen LogP contribution in [0, 0.1) is 5.82 Å². The predicted molar refractivity (Wildman–Crippen MR) is 153 cm³/mol. The highest BCUT2D eigenvalue weighted by atomic mass is 35.5. The van der Waals surface area contributed by atoms with Crippen molar-refractivity contribution in [2.45, 2.75) is 41.4 Å². The van der Waals surface area contributed by atoms with Gasteiger partial charge >= 0.3 is 0 Å². The van der Waals surface area contributed by atoms with Crippen LogP contribution in [-0.2, 0) is 20.0 Å². The molecule has 13 heteroatoms. The Morgan fingerprint density at radius 1 is 0.975 bits per heavy atom. The fraction of sp³-hybridized carbons (Fsp3) is 0.259. The summed E-state index contributed by atoms with van der Waals surface area (Å²) >= 11 is 5.95. The van der Waals surface area contributed by atoms with E-state index < -0.39 is 31.3 Å². The van der Waals surface area contributed by atoms with Crippen molar-refractivity contribution in [3.8, 4) is 0 Å². The monoisotopic (exact) mass is 603 g/mol. The number of hydrogen-bond acceptors (Lipinski definition) is 6. The van der Waals surface area contributed by atoms with E-state index in [0.29, 0.717) is 29.1 Å². The van der Waals surface area contributed by atoms with Crippen molar-refractivity contribution in [2.24, 2.45) is 15.2 Å². The standard InChI is InChI=1S/C27H27ClFN5O4S2/c28-20-8-13-23(14-9-20)40(37,38)33-27(31-22-12-15-24(16-22)39(30,35)36)34-17-25(18-4-2-1-3-5-18)26(32-34)19-6-10-21(29)11-7-19/h1-11,13-14,22,24-25H,12,15-17H2,(H,31,33)(H2,30,35,36)/t22-,24+,25+/m1/s1. The number of aliphatic imine (C=N–C) groups is 1. The number of nitrogens with two attached hydrogens (primary N) is 1. The molecular formula is C27H27ClFN5O4S2. The molecule has 0 radical (unpaired) electrons. The highest BCUT2D eigenvalue weighted by Gasteiger charge is 2.36. The number of hydrazone groups is 1. The van der Waals surface area contributed by atoms with Gasteiger partial charge in [-0.2, -0.15) is 5.10 Å². The van der Waals surface area contributed by atoms with Crippen LogP contribution in [0.15, 0.2) is 93.9 Å². The lowest BCUT2D eigenvalue weighted by Crippen LogP contribution is -2.42. The third-order valence-electron chi connectivity index (χ3n) is 6.98. The Labute approximate surface area is 237 Å². The minimum Gasteiger partial charge on any atom is -0.248 e. The summed E-state index contributed by atoms with van der Waals surface area (Å²) in [4.78, 5) is 4.63.